The molecule has 51 heavy (non-hydrogen) atoms. The van der Waals surface area contributed by atoms with Crippen LogP contribution >= 0.6 is 0 Å². The number of ether oxygens (including phenoxy) is 1. The third kappa shape index (κ3) is 8.38. The van der Waals surface area contributed by atoms with Crippen molar-refractivity contribution in [3.05, 3.63) is 47.6 Å². The van der Waals surface area contributed by atoms with Gasteiger partial charge in [0.15, 0.2) is 22.5 Å². The van der Waals surface area contributed by atoms with Gasteiger partial charge in [-0.25, -0.2) is 0 Å². The van der Waals surface area contributed by atoms with Gasteiger partial charge in [0.2, 0.25) is 0 Å². The molecular formula is C44H75NO4Si2. The molecule has 5 rings (SSSR count). The first-order chi connectivity index (χ1) is 23.3. The highest BCUT2D eigenvalue weighted by atomic mass is 28.4. The molecule has 0 bridgehead atoms. The Hall–Kier alpha value is -1.26. The molecule has 0 saturated heterocycles. The Bertz CT molecular complexity index is 1440. The van der Waals surface area contributed by atoms with Gasteiger partial charge in [-0.1, -0.05) is 91.8 Å². The van der Waals surface area contributed by atoms with Gasteiger partial charge >= 0.3 is 0 Å². The molecule has 7 atom stereocenters. The van der Waals surface area contributed by atoms with Gasteiger partial charge in [-0.05, 0) is 136 Å². The summed E-state index contributed by atoms with van der Waals surface area (Å²) in [5.74, 6) is 2.39. The molecule has 0 radical (unpaired) electrons. The van der Waals surface area contributed by atoms with Gasteiger partial charge in [0.1, 0.15) is 5.60 Å². The van der Waals surface area contributed by atoms with E-state index in [0.29, 0.717) is 24.3 Å². The normalized spacial score (nSPS) is 34.1. The Balaban J connectivity index is 1.33. The maximum Gasteiger partial charge on any atom is 0.193 e. The summed E-state index contributed by atoms with van der Waals surface area (Å²) in [6.07, 6.45) is 18.8. The summed E-state index contributed by atoms with van der Waals surface area (Å²) in [6.45, 7) is 38.0. The zero-order valence-electron chi connectivity index (χ0n) is 35.2. The maximum absolute atomic E-state index is 11.4. The molecule has 1 aliphatic heterocycles. The molecule has 1 heterocycles. The number of aliphatic hydroxyl groups excluding tert-OH is 1. The van der Waals surface area contributed by atoms with Crippen molar-refractivity contribution in [2.75, 3.05) is 6.54 Å². The van der Waals surface area contributed by atoms with E-state index in [1.807, 2.05) is 0 Å². The Morgan fingerprint density at radius 3 is 2.12 bits per heavy atom. The summed E-state index contributed by atoms with van der Waals surface area (Å²) >= 11 is 0. The third-order valence-corrected chi connectivity index (χ3v) is 23.8. The lowest BCUT2D eigenvalue weighted by Crippen LogP contribution is -2.49. The van der Waals surface area contributed by atoms with E-state index < -0.39 is 22.7 Å². The van der Waals surface area contributed by atoms with Crippen molar-refractivity contribution < 1.29 is 18.7 Å². The fourth-order valence-electron chi connectivity index (χ4n) is 9.13. The van der Waals surface area contributed by atoms with Crippen LogP contribution < -0.4 is 0 Å². The molecule has 0 aromatic rings. The fraction of sp³-hybridized carbons (Fsp3) is 0.795. The smallest absolute Gasteiger partial charge is 0.193 e. The molecule has 1 N–H and O–H groups in total. The molecule has 0 spiro atoms. The van der Waals surface area contributed by atoms with E-state index in [1.54, 1.807) is 5.57 Å². The van der Waals surface area contributed by atoms with Crippen molar-refractivity contribution in [2.45, 2.75) is 187 Å². The third-order valence-electron chi connectivity index (χ3n) is 14.8. The Morgan fingerprint density at radius 1 is 0.922 bits per heavy atom. The average Bonchev–Trinajstić information content (AvgIpc) is 3.61. The van der Waals surface area contributed by atoms with Gasteiger partial charge in [-0.2, -0.15) is 0 Å². The largest absolute Gasteiger partial charge is 0.473 e. The molecule has 5 aliphatic rings. The number of aliphatic imine (C=N–C) groups is 1. The van der Waals surface area contributed by atoms with Gasteiger partial charge in [-0.3, -0.25) is 4.99 Å². The summed E-state index contributed by atoms with van der Waals surface area (Å²) in [4.78, 5) is 4.71. The molecule has 4 aliphatic carbocycles. The van der Waals surface area contributed by atoms with Crippen molar-refractivity contribution in [1.82, 2.24) is 0 Å². The van der Waals surface area contributed by atoms with Crippen LogP contribution in [0.4, 0.5) is 0 Å². The molecule has 0 aromatic carbocycles. The predicted molar refractivity (Wildman–Crippen MR) is 220 cm³/mol. The summed E-state index contributed by atoms with van der Waals surface area (Å²) in [6, 6.07) is 0. The minimum atomic E-state index is -2.00. The summed E-state index contributed by atoms with van der Waals surface area (Å²) in [5, 5.41) is 11.7. The summed E-state index contributed by atoms with van der Waals surface area (Å²) in [5.41, 5.74) is 3.80. The van der Waals surface area contributed by atoms with Crippen LogP contribution in [0.1, 0.15) is 127 Å². The molecule has 4 fully saturated rings. The fourth-order valence-corrected chi connectivity index (χ4v) is 11.8. The van der Waals surface area contributed by atoms with Crippen LogP contribution in [-0.2, 0) is 13.6 Å². The molecule has 0 aromatic heterocycles. The van der Waals surface area contributed by atoms with Crippen LogP contribution in [0.2, 0.25) is 36.3 Å². The van der Waals surface area contributed by atoms with Gasteiger partial charge in [0.25, 0.3) is 0 Å². The second-order valence-electron chi connectivity index (χ2n) is 21.2. The molecule has 0 amide bonds. The number of hydrogen-bond acceptors (Lipinski definition) is 5. The first kappa shape index (κ1) is 40.9. The van der Waals surface area contributed by atoms with E-state index in [9.17, 15) is 5.11 Å². The zero-order chi connectivity index (χ0) is 38.0. The molecule has 7 heteroatoms. The van der Waals surface area contributed by atoms with Crippen LogP contribution in [0.3, 0.4) is 0 Å². The second-order valence-corrected chi connectivity index (χ2v) is 30.7. The Kier molecular flexibility index (Phi) is 11.3. The number of rotatable bonds is 10. The Morgan fingerprint density at radius 2 is 1.55 bits per heavy atom. The first-order valence-electron chi connectivity index (χ1n) is 20.4. The van der Waals surface area contributed by atoms with Crippen LogP contribution in [0.25, 0.3) is 0 Å². The topological polar surface area (TPSA) is 60.3 Å². The molecule has 288 valence electrons. The minimum absolute atomic E-state index is 0.00287. The highest BCUT2D eigenvalue weighted by Gasteiger charge is 2.57. The van der Waals surface area contributed by atoms with E-state index in [2.05, 4.69) is 120 Å². The second kappa shape index (κ2) is 14.1. The number of nitrogens with zero attached hydrogens (tertiary/aromatic N) is 1. The van der Waals surface area contributed by atoms with Gasteiger partial charge in [0.05, 0.1) is 30.3 Å². The lowest BCUT2D eigenvalue weighted by atomic mass is 9.61. The van der Waals surface area contributed by atoms with E-state index in [0.717, 1.165) is 37.2 Å². The lowest BCUT2D eigenvalue weighted by molar-refractivity contribution is 0.0957. The number of aliphatic hydroxyl groups is 1. The van der Waals surface area contributed by atoms with Crippen molar-refractivity contribution in [2.24, 2.45) is 33.6 Å². The first-order valence-corrected chi connectivity index (χ1v) is 26.2. The maximum atomic E-state index is 11.4. The zero-order valence-corrected chi connectivity index (χ0v) is 37.2. The predicted octanol–water partition coefficient (Wildman–Crippen LogP) is 11.7. The lowest BCUT2D eigenvalue weighted by Gasteiger charge is -2.45. The van der Waals surface area contributed by atoms with Crippen LogP contribution in [0.5, 0.6) is 0 Å². The molecular weight excluding hydrogens is 663 g/mol. The van der Waals surface area contributed by atoms with Crippen molar-refractivity contribution in [1.29, 1.82) is 0 Å². The quantitative estimate of drug-likeness (QED) is 0.179. The molecule has 5 nitrogen and oxygen atoms in total. The monoisotopic (exact) mass is 738 g/mol. The minimum Gasteiger partial charge on any atom is -0.473 e. The average molecular weight is 738 g/mol. The number of fused-ring (bicyclic) bond motifs is 1. The van der Waals surface area contributed by atoms with E-state index in [1.165, 1.54) is 37.7 Å². The van der Waals surface area contributed by atoms with Gasteiger partial charge < -0.3 is 18.7 Å². The van der Waals surface area contributed by atoms with E-state index >= 15 is 0 Å². The van der Waals surface area contributed by atoms with Gasteiger partial charge in [0, 0.05) is 6.42 Å². The molecule has 0 unspecified atom stereocenters. The van der Waals surface area contributed by atoms with Crippen molar-refractivity contribution in [3.63, 3.8) is 0 Å². The van der Waals surface area contributed by atoms with Crippen LogP contribution in [0, 0.1) is 28.6 Å². The SMILES string of the molecule is C=C1/C(=C\C=C2/CCC[C@]3(C)[C@@H]([C@H](C)/C=C/[C@@H](O)C4(C5=NCC(C)(C)O5)CC4)CC[C@@H]23)C[C@@H](O[Si](C)(C)C(C)(C)C)C[C@@H]1O[Si](C)(C)C(C)(C)C. The Labute approximate surface area is 315 Å². The summed E-state index contributed by atoms with van der Waals surface area (Å²) < 4.78 is 20.4. The van der Waals surface area contributed by atoms with Gasteiger partial charge in [-0.15, -0.1) is 0 Å². The molecule has 4 saturated carbocycles. The van der Waals surface area contributed by atoms with E-state index in [4.69, 9.17) is 25.2 Å². The summed E-state index contributed by atoms with van der Waals surface area (Å²) in [7, 11) is -3.96. The van der Waals surface area contributed by atoms with E-state index in [-0.39, 0.29) is 38.7 Å². The van der Waals surface area contributed by atoms with Crippen molar-refractivity contribution in [3.8, 4) is 0 Å². The highest BCUT2D eigenvalue weighted by Crippen LogP contribution is 2.60. The van der Waals surface area contributed by atoms with Crippen molar-refractivity contribution >= 4 is 22.5 Å². The number of allylic oxidation sites excluding steroid dienone is 4. The highest BCUT2D eigenvalue weighted by molar-refractivity contribution is 6.74. The van der Waals surface area contributed by atoms with Crippen LogP contribution in [-0.4, -0.2) is 58.1 Å². The standard InChI is InChI=1S/C44H75NO4Si2/c1-30(18-23-38(46)44(25-26-44)39-45-29-42(9,10)47-39)35-21-22-36-32(17-16-24-43(35,36)11)19-20-33-27-34(48-50(12,13)40(3,4)5)28-37(31(33)2)49-51(14,15)41(6,7)8/h18-20,23,30,34-38,46H,2,16-17,21-22,24-29H2,1,3-15H3/b23-18+,32-19+,33-20-/t30-,34-,35-,36+,37+,38-,43-/m1/s1. The van der Waals surface area contributed by atoms with Crippen LogP contribution in [0.15, 0.2) is 52.6 Å². The number of hydrogen-bond donors (Lipinski definition) is 1.